The Morgan fingerprint density at radius 2 is 1.79 bits per heavy atom. The Hall–Kier alpha value is -2.77. The minimum atomic E-state index is -1.15. The van der Waals surface area contributed by atoms with E-state index in [4.69, 9.17) is 9.84 Å². The summed E-state index contributed by atoms with van der Waals surface area (Å²) >= 11 is 0. The average molecular weight is 379 g/mol. The second kappa shape index (κ2) is 7.33. The summed E-state index contributed by atoms with van der Waals surface area (Å²) in [7, 11) is 0. The van der Waals surface area contributed by atoms with E-state index in [0.717, 1.165) is 30.2 Å². The first-order chi connectivity index (χ1) is 13.4. The van der Waals surface area contributed by atoms with Crippen molar-refractivity contribution in [2.45, 2.75) is 26.4 Å². The summed E-state index contributed by atoms with van der Waals surface area (Å²) in [5.74, 6) is 1.78. The van der Waals surface area contributed by atoms with Crippen LogP contribution in [0.5, 0.6) is 0 Å². The third-order valence-corrected chi connectivity index (χ3v) is 4.72. The van der Waals surface area contributed by atoms with Gasteiger partial charge in [0.1, 0.15) is 11.4 Å². The summed E-state index contributed by atoms with van der Waals surface area (Å²) in [6.45, 7) is 8.29. The zero-order valence-corrected chi connectivity index (χ0v) is 16.5. The van der Waals surface area contributed by atoms with Crippen molar-refractivity contribution in [3.63, 3.8) is 0 Å². The highest BCUT2D eigenvalue weighted by molar-refractivity contribution is 5.60. The van der Waals surface area contributed by atoms with Crippen molar-refractivity contribution in [2.75, 3.05) is 31.2 Å². The number of rotatable bonds is 4. The highest BCUT2D eigenvalue weighted by Crippen LogP contribution is 2.24. The maximum atomic E-state index is 10.5. The molecule has 28 heavy (non-hydrogen) atoms. The van der Waals surface area contributed by atoms with E-state index in [9.17, 15) is 5.11 Å². The Morgan fingerprint density at radius 3 is 2.50 bits per heavy atom. The molecule has 0 radical (unpaired) electrons. The lowest BCUT2D eigenvalue weighted by Gasteiger charge is -2.29. The molecule has 7 nitrogen and oxygen atoms in total. The lowest BCUT2D eigenvalue weighted by atomic mass is 10.1. The molecule has 1 fully saturated rings. The lowest BCUT2D eigenvalue weighted by molar-refractivity contribution is 0.0686. The number of aryl methyl sites for hydroxylation is 1. The average Bonchev–Trinajstić information content (AvgIpc) is 3.18. The highest BCUT2D eigenvalue weighted by atomic mass is 16.5. The molecule has 4 rings (SSSR count). The zero-order valence-electron chi connectivity index (χ0n) is 16.5. The first-order valence-electron chi connectivity index (χ1n) is 9.48. The highest BCUT2D eigenvalue weighted by Gasteiger charge is 2.24. The summed E-state index contributed by atoms with van der Waals surface area (Å²) < 4.78 is 7.18. The van der Waals surface area contributed by atoms with Gasteiger partial charge in [-0.25, -0.2) is 14.6 Å². The molecule has 2 aromatic heterocycles. The molecule has 0 aliphatic carbocycles. The summed E-state index contributed by atoms with van der Waals surface area (Å²) in [5.41, 5.74) is 1.97. The van der Waals surface area contributed by atoms with E-state index in [0.29, 0.717) is 24.9 Å². The van der Waals surface area contributed by atoms with Crippen LogP contribution in [0.3, 0.4) is 0 Å². The Bertz CT molecular complexity index is 971. The standard InChI is InChI=1S/C21H25N5O2/c1-15-5-4-6-16(13-15)17-7-8-26(24-17)19-14-18(25-9-11-28-12-10-25)22-20(23-19)21(2,3)27/h4-8,13-14,27H,9-12H2,1-3H3. The molecule has 1 aliphatic rings. The van der Waals surface area contributed by atoms with Gasteiger partial charge in [0.15, 0.2) is 11.6 Å². The fourth-order valence-corrected chi connectivity index (χ4v) is 3.18. The molecule has 3 aromatic rings. The van der Waals surface area contributed by atoms with Gasteiger partial charge in [0.05, 0.1) is 18.9 Å². The second-order valence-corrected chi connectivity index (χ2v) is 7.58. The normalized spacial score (nSPS) is 15.1. The summed E-state index contributed by atoms with van der Waals surface area (Å²) in [6, 6.07) is 12.1. The van der Waals surface area contributed by atoms with Crippen LogP contribution in [0.4, 0.5) is 5.82 Å². The van der Waals surface area contributed by atoms with Crippen molar-refractivity contribution < 1.29 is 9.84 Å². The van der Waals surface area contributed by atoms with Crippen LogP contribution >= 0.6 is 0 Å². The van der Waals surface area contributed by atoms with Gasteiger partial charge in [-0.1, -0.05) is 23.8 Å². The fraction of sp³-hybridized carbons (Fsp3) is 0.381. The van der Waals surface area contributed by atoms with Crippen molar-refractivity contribution in [2.24, 2.45) is 0 Å². The van der Waals surface area contributed by atoms with Gasteiger partial charge in [0, 0.05) is 30.9 Å². The Balaban J connectivity index is 1.74. The van der Waals surface area contributed by atoms with Gasteiger partial charge < -0.3 is 14.7 Å². The molecule has 0 amide bonds. The predicted molar refractivity (Wildman–Crippen MR) is 108 cm³/mol. The Morgan fingerprint density at radius 1 is 1.04 bits per heavy atom. The molecule has 1 aliphatic heterocycles. The summed E-state index contributed by atoms with van der Waals surface area (Å²) in [5, 5.41) is 15.2. The van der Waals surface area contributed by atoms with E-state index in [1.54, 1.807) is 18.5 Å². The van der Waals surface area contributed by atoms with Crippen LogP contribution in [0, 0.1) is 6.92 Å². The fourth-order valence-electron chi connectivity index (χ4n) is 3.18. The maximum absolute atomic E-state index is 10.5. The number of anilines is 1. The van der Waals surface area contributed by atoms with E-state index < -0.39 is 5.60 Å². The molecule has 146 valence electrons. The molecule has 0 unspecified atom stereocenters. The topological polar surface area (TPSA) is 76.3 Å². The first-order valence-corrected chi connectivity index (χ1v) is 9.48. The third kappa shape index (κ3) is 3.90. The number of morpholine rings is 1. The molecular formula is C21H25N5O2. The van der Waals surface area contributed by atoms with E-state index >= 15 is 0 Å². The molecule has 0 atom stereocenters. The van der Waals surface area contributed by atoms with Gasteiger partial charge in [0.25, 0.3) is 0 Å². The van der Waals surface area contributed by atoms with E-state index in [1.165, 1.54) is 5.56 Å². The third-order valence-electron chi connectivity index (χ3n) is 4.72. The number of nitrogens with zero attached hydrogens (tertiary/aromatic N) is 5. The number of benzene rings is 1. The molecule has 0 spiro atoms. The largest absolute Gasteiger partial charge is 0.382 e. The zero-order chi connectivity index (χ0) is 19.7. The quantitative estimate of drug-likeness (QED) is 0.751. The first kappa shape index (κ1) is 18.6. The number of aliphatic hydroxyl groups is 1. The molecule has 1 saturated heterocycles. The van der Waals surface area contributed by atoms with Crippen LogP contribution in [0.1, 0.15) is 25.2 Å². The van der Waals surface area contributed by atoms with Crippen LogP contribution in [0.25, 0.3) is 17.1 Å². The van der Waals surface area contributed by atoms with Gasteiger partial charge in [0.2, 0.25) is 0 Å². The van der Waals surface area contributed by atoms with Crippen LogP contribution in [-0.2, 0) is 10.3 Å². The second-order valence-electron chi connectivity index (χ2n) is 7.58. The number of hydrogen-bond donors (Lipinski definition) is 1. The molecule has 3 heterocycles. The van der Waals surface area contributed by atoms with Gasteiger partial charge >= 0.3 is 0 Å². The summed E-state index contributed by atoms with van der Waals surface area (Å²) in [4.78, 5) is 11.3. The number of hydrogen-bond acceptors (Lipinski definition) is 6. The van der Waals surface area contributed by atoms with Gasteiger partial charge in [-0.2, -0.15) is 5.10 Å². The summed E-state index contributed by atoms with van der Waals surface area (Å²) in [6.07, 6.45) is 1.89. The van der Waals surface area contributed by atoms with E-state index in [-0.39, 0.29) is 0 Å². The molecule has 1 N–H and O–H groups in total. The SMILES string of the molecule is Cc1cccc(-c2ccn(-c3cc(N4CCOCC4)nc(C(C)(C)O)n3)n2)c1. The van der Waals surface area contributed by atoms with Crippen LogP contribution < -0.4 is 4.90 Å². The number of aromatic nitrogens is 4. The molecule has 1 aromatic carbocycles. The van der Waals surface area contributed by atoms with Gasteiger partial charge in [-0.05, 0) is 32.9 Å². The van der Waals surface area contributed by atoms with Crippen LogP contribution in [0.15, 0.2) is 42.6 Å². The van der Waals surface area contributed by atoms with Gasteiger partial charge in [-0.3, -0.25) is 0 Å². The van der Waals surface area contributed by atoms with Crippen molar-refractivity contribution in [3.8, 4) is 17.1 Å². The Kier molecular flexibility index (Phi) is 4.87. The van der Waals surface area contributed by atoms with E-state index in [1.807, 2.05) is 30.5 Å². The minimum Gasteiger partial charge on any atom is -0.382 e. The van der Waals surface area contributed by atoms with Crippen molar-refractivity contribution in [3.05, 3.63) is 54.0 Å². The van der Waals surface area contributed by atoms with Crippen LogP contribution in [-0.4, -0.2) is 51.2 Å². The smallest absolute Gasteiger partial charge is 0.164 e. The van der Waals surface area contributed by atoms with Crippen molar-refractivity contribution in [1.29, 1.82) is 0 Å². The molecule has 0 bridgehead atoms. The van der Waals surface area contributed by atoms with Crippen molar-refractivity contribution in [1.82, 2.24) is 19.7 Å². The maximum Gasteiger partial charge on any atom is 0.164 e. The van der Waals surface area contributed by atoms with Crippen molar-refractivity contribution >= 4 is 5.82 Å². The van der Waals surface area contributed by atoms with Crippen LogP contribution in [0.2, 0.25) is 0 Å². The molecule has 7 heteroatoms. The van der Waals surface area contributed by atoms with E-state index in [2.05, 4.69) is 33.9 Å². The molecular weight excluding hydrogens is 354 g/mol. The number of ether oxygens (including phenoxy) is 1. The Labute approximate surface area is 164 Å². The lowest BCUT2D eigenvalue weighted by Crippen LogP contribution is -2.37. The monoisotopic (exact) mass is 379 g/mol. The van der Waals surface area contributed by atoms with Gasteiger partial charge in [-0.15, -0.1) is 0 Å². The minimum absolute atomic E-state index is 0.374. The molecule has 0 saturated carbocycles. The predicted octanol–water partition coefficient (Wildman–Crippen LogP) is 2.70.